The van der Waals surface area contributed by atoms with Crippen LogP contribution in [-0.2, 0) is 33.0 Å². The van der Waals surface area contributed by atoms with Crippen LogP contribution in [0.4, 0.5) is 22.7 Å². The molecule has 4 aromatic carbocycles. The van der Waals surface area contributed by atoms with E-state index in [-0.39, 0.29) is 62.7 Å². The van der Waals surface area contributed by atoms with Crippen molar-refractivity contribution in [3.8, 4) is 0 Å². The van der Waals surface area contributed by atoms with Crippen molar-refractivity contribution >= 4 is 90.0 Å². The molecule has 2 fully saturated rings. The Morgan fingerprint density at radius 1 is 0.367 bits per heavy atom. The number of para-hydroxylation sites is 2. The van der Waals surface area contributed by atoms with E-state index >= 15 is 0 Å². The average molecular weight is 973 g/mol. The zero-order chi connectivity index (χ0) is 39.9. The molecular formula is C50H70N4Ni2S4-2. The van der Waals surface area contributed by atoms with Gasteiger partial charge in [-0.3, -0.25) is 0 Å². The SMILES string of the molecule is C.C.C=C.C=C.Cc1cc(C)c(N=C2SCCSC2=Nc2c(C)cc(C)cc2C)c(C)c1.Cc1cccc(C)c1N=C1SCCSC1=Nc1c(C)cccc1C.[CH3-].[CH3-].[Ni].[Ni]. The number of rotatable bonds is 4. The minimum absolute atomic E-state index is 0. The van der Waals surface area contributed by atoms with Gasteiger partial charge in [-0.2, -0.15) is 0 Å². The first-order valence-electron chi connectivity index (χ1n) is 18.1. The third-order valence-electron chi connectivity index (χ3n) is 8.49. The monoisotopic (exact) mass is 970 g/mol. The standard InChI is InChI=1S/C22H26N2S2.C20H22N2S2.2C2H4.2CH4.2CH3.2Ni/c1-13-9-15(3)19(16(4)10-13)23-21-22(26-8-7-25-21)24-20-17(5)11-14(2)12-18(20)6;1-13-7-5-8-14(2)17(13)21-19-20(24-12-11-23-19)22-18-15(3)9-6-10-16(18)4;2*1-2;;;;;;/h9-12H,7-8H2,1-6H3;5-10H,11-12H2,1-4H3;2*1-2H2;2*1H4;2*1H3;;/q;;;;;;2*-1;;. The van der Waals surface area contributed by atoms with Crippen LogP contribution in [0, 0.1) is 84.1 Å². The van der Waals surface area contributed by atoms with Crippen molar-refractivity contribution in [1.82, 2.24) is 0 Å². The second-order valence-electron chi connectivity index (χ2n) is 13.0. The number of benzene rings is 4. The van der Waals surface area contributed by atoms with Crippen LogP contribution < -0.4 is 0 Å². The number of aryl methyl sites for hydroxylation is 10. The molecular weight excluding hydrogens is 902 g/mol. The molecule has 2 heterocycles. The van der Waals surface area contributed by atoms with Crippen molar-refractivity contribution in [3.63, 3.8) is 0 Å². The molecule has 0 aromatic heterocycles. The third-order valence-corrected chi connectivity index (χ3v) is 13.1. The van der Waals surface area contributed by atoms with Gasteiger partial charge in [-0.25, -0.2) is 20.0 Å². The molecule has 0 radical (unpaired) electrons. The molecule has 10 heteroatoms. The largest absolute Gasteiger partial charge is 0.358 e. The van der Waals surface area contributed by atoms with Gasteiger partial charge in [0.25, 0.3) is 0 Å². The van der Waals surface area contributed by atoms with E-state index in [1.165, 1.54) is 55.6 Å². The zero-order valence-corrected chi connectivity index (χ0v) is 41.7. The summed E-state index contributed by atoms with van der Waals surface area (Å²) in [5.74, 6) is 4.33. The van der Waals surface area contributed by atoms with E-state index in [9.17, 15) is 0 Å². The van der Waals surface area contributed by atoms with Crippen molar-refractivity contribution in [2.24, 2.45) is 20.0 Å². The fourth-order valence-electron chi connectivity index (χ4n) is 6.19. The van der Waals surface area contributed by atoms with Crippen molar-refractivity contribution in [3.05, 3.63) is 157 Å². The molecule has 0 bridgehead atoms. The maximum absolute atomic E-state index is 5.04. The Labute approximate surface area is 404 Å². The Hall–Kier alpha value is -2.57. The Bertz CT molecular complexity index is 1840. The Morgan fingerprint density at radius 3 is 0.750 bits per heavy atom. The van der Waals surface area contributed by atoms with Gasteiger partial charge < -0.3 is 14.9 Å². The summed E-state index contributed by atoms with van der Waals surface area (Å²) in [4.78, 5) is 20.0. The summed E-state index contributed by atoms with van der Waals surface area (Å²) in [6.45, 7) is 33.3. The first kappa shape index (κ1) is 64.1. The Kier molecular flexibility index (Phi) is 34.3. The van der Waals surface area contributed by atoms with Gasteiger partial charge in [-0.05, 0) is 114 Å². The van der Waals surface area contributed by atoms with Crippen molar-refractivity contribution in [2.75, 3.05) is 23.0 Å². The van der Waals surface area contributed by atoms with Crippen molar-refractivity contribution in [2.45, 2.75) is 84.1 Å². The van der Waals surface area contributed by atoms with Gasteiger partial charge in [0.15, 0.2) is 0 Å². The summed E-state index contributed by atoms with van der Waals surface area (Å²) >= 11 is 7.27. The molecule has 0 atom stereocenters. The van der Waals surface area contributed by atoms with Crippen LogP contribution in [0.1, 0.15) is 70.5 Å². The van der Waals surface area contributed by atoms with E-state index in [2.05, 4.69) is 156 Å². The summed E-state index contributed by atoms with van der Waals surface area (Å²) in [5.41, 5.74) is 16.7. The molecule has 0 saturated carbocycles. The van der Waals surface area contributed by atoms with Crippen LogP contribution in [0.3, 0.4) is 0 Å². The van der Waals surface area contributed by atoms with Gasteiger partial charge in [0.2, 0.25) is 0 Å². The minimum Gasteiger partial charge on any atom is -0.358 e. The minimum atomic E-state index is 0. The quantitative estimate of drug-likeness (QED) is 0.116. The maximum Gasteiger partial charge on any atom is 0.129 e. The van der Waals surface area contributed by atoms with Crippen LogP contribution >= 0.6 is 47.0 Å². The molecule has 0 aliphatic carbocycles. The van der Waals surface area contributed by atoms with Gasteiger partial charge in [0.05, 0.1) is 22.7 Å². The molecule has 0 N–H and O–H groups in total. The van der Waals surface area contributed by atoms with E-state index in [1.807, 2.05) is 47.0 Å². The fourth-order valence-corrected chi connectivity index (χ4v) is 10.3. The van der Waals surface area contributed by atoms with Gasteiger partial charge >= 0.3 is 0 Å². The van der Waals surface area contributed by atoms with Gasteiger partial charge in [-0.15, -0.1) is 73.4 Å². The van der Waals surface area contributed by atoms with Crippen LogP contribution in [0.25, 0.3) is 0 Å². The predicted octanol–water partition coefficient (Wildman–Crippen LogP) is 16.7. The second kappa shape index (κ2) is 32.2. The average Bonchev–Trinajstić information content (AvgIpc) is 3.14. The number of nitrogens with zero attached hydrogens (tertiary/aromatic N) is 4. The fraction of sp³-hybridized carbons (Fsp3) is 0.320. The topological polar surface area (TPSA) is 49.4 Å². The molecule has 6 rings (SSSR count). The summed E-state index contributed by atoms with van der Waals surface area (Å²) in [6, 6.07) is 21.5. The molecule has 60 heavy (non-hydrogen) atoms. The molecule has 2 aliphatic rings. The Balaban J connectivity index is -0.000000442. The van der Waals surface area contributed by atoms with E-state index in [0.717, 1.165) is 65.9 Å². The summed E-state index contributed by atoms with van der Waals surface area (Å²) in [6.07, 6.45) is 0. The second-order valence-corrected chi connectivity index (χ2v) is 17.4. The first-order chi connectivity index (χ1) is 25.9. The number of aliphatic imine (C=N–C) groups is 4. The zero-order valence-electron chi connectivity index (χ0n) is 36.5. The number of hydrogen-bond donors (Lipinski definition) is 0. The van der Waals surface area contributed by atoms with E-state index < -0.39 is 0 Å². The predicted molar refractivity (Wildman–Crippen MR) is 280 cm³/mol. The van der Waals surface area contributed by atoms with Crippen molar-refractivity contribution in [1.29, 1.82) is 0 Å². The molecule has 4 nitrogen and oxygen atoms in total. The van der Waals surface area contributed by atoms with Crippen molar-refractivity contribution < 1.29 is 33.0 Å². The molecule has 0 spiro atoms. The summed E-state index contributed by atoms with van der Waals surface area (Å²) < 4.78 is 0. The van der Waals surface area contributed by atoms with Gasteiger partial charge in [-0.1, -0.05) is 86.6 Å². The molecule has 2 aliphatic heterocycles. The van der Waals surface area contributed by atoms with Crippen LogP contribution in [-0.4, -0.2) is 43.2 Å². The smallest absolute Gasteiger partial charge is 0.129 e. The maximum atomic E-state index is 5.04. The molecule has 0 unspecified atom stereocenters. The normalized spacial score (nSPS) is 15.2. The number of hydrogen-bond acceptors (Lipinski definition) is 8. The van der Waals surface area contributed by atoms with E-state index in [1.54, 1.807) is 0 Å². The Morgan fingerprint density at radius 2 is 0.550 bits per heavy atom. The van der Waals surface area contributed by atoms with Crippen LogP contribution in [0.5, 0.6) is 0 Å². The molecule has 336 valence electrons. The molecule has 0 amide bonds. The van der Waals surface area contributed by atoms with E-state index in [4.69, 9.17) is 20.0 Å². The molecule has 2 saturated heterocycles. The molecule has 4 aromatic rings. The van der Waals surface area contributed by atoms with Gasteiger partial charge in [0, 0.05) is 56.0 Å². The van der Waals surface area contributed by atoms with E-state index in [0.29, 0.717) is 0 Å². The summed E-state index contributed by atoms with van der Waals surface area (Å²) in [5, 5.41) is 4.20. The number of thioether (sulfide) groups is 4. The third kappa shape index (κ3) is 18.0. The van der Waals surface area contributed by atoms with Crippen LogP contribution in [0.2, 0.25) is 0 Å². The summed E-state index contributed by atoms with van der Waals surface area (Å²) in [7, 11) is 0. The first-order valence-corrected chi connectivity index (χ1v) is 22.0. The van der Waals surface area contributed by atoms with Gasteiger partial charge in [0.1, 0.15) is 20.2 Å². The van der Waals surface area contributed by atoms with Crippen LogP contribution in [0.15, 0.2) is 107 Å².